The monoisotopic (exact) mass is 437 g/mol. The molecule has 1 aromatic heterocycles. The van der Waals surface area contributed by atoms with Crippen LogP contribution in [0.2, 0.25) is 0 Å². The van der Waals surface area contributed by atoms with Crippen molar-refractivity contribution in [1.29, 1.82) is 0 Å². The van der Waals surface area contributed by atoms with Crippen LogP contribution in [0.1, 0.15) is 58.3 Å². The number of carbonyl (C=O) groups is 2. The van der Waals surface area contributed by atoms with Crippen LogP contribution in [0.3, 0.4) is 0 Å². The summed E-state index contributed by atoms with van der Waals surface area (Å²) in [7, 11) is 1.32. The molecule has 0 fully saturated rings. The van der Waals surface area contributed by atoms with Crippen LogP contribution < -0.4 is 10.1 Å². The topological polar surface area (TPSA) is 64.6 Å². The molecule has 0 saturated carbocycles. The predicted octanol–water partition coefficient (Wildman–Crippen LogP) is 5.54. The summed E-state index contributed by atoms with van der Waals surface area (Å²) in [5.74, 6) is -0.455. The third-order valence-electron chi connectivity index (χ3n) is 5.45. The van der Waals surface area contributed by atoms with Crippen molar-refractivity contribution in [1.82, 2.24) is 0 Å². The molecule has 0 spiro atoms. The molecule has 0 saturated heterocycles. The average molecular weight is 438 g/mol. The molecule has 2 aromatic rings. The summed E-state index contributed by atoms with van der Waals surface area (Å²) in [6.45, 7) is 3.70. The molecule has 5 nitrogen and oxygen atoms in total. The van der Waals surface area contributed by atoms with Gasteiger partial charge in [0.15, 0.2) is 0 Å². The number of amides is 1. The normalized spacial score (nSPS) is 16.2. The van der Waals surface area contributed by atoms with Crippen molar-refractivity contribution in [3.05, 3.63) is 45.8 Å². The van der Waals surface area contributed by atoms with Gasteiger partial charge in [-0.3, -0.25) is 4.79 Å². The van der Waals surface area contributed by atoms with Gasteiger partial charge in [0.1, 0.15) is 10.8 Å². The number of nitrogens with one attached hydrogen (secondary N) is 1. The molecule has 162 valence electrons. The minimum Gasteiger partial charge on any atom is -0.465 e. The number of fused-ring (bicyclic) bond motifs is 1. The van der Waals surface area contributed by atoms with E-state index in [1.165, 1.54) is 42.7 Å². The molecule has 3 rings (SSSR count). The standard InChI is InChI=1S/C22H25F2NO4S/c1-22(2,3)13-7-10-15-16(11-13)30-19(17(15)20(27)28-4)25-18(26)12-5-8-14(9-6-12)29-21(23)24/h5-6,8-9,13,21H,7,10-11H2,1-4H3,(H,25,26)/t13-/m0/s1. The fourth-order valence-electron chi connectivity index (χ4n) is 3.69. The highest BCUT2D eigenvalue weighted by Crippen LogP contribution is 2.44. The van der Waals surface area contributed by atoms with Crippen LogP contribution in [-0.2, 0) is 17.6 Å². The summed E-state index contributed by atoms with van der Waals surface area (Å²) >= 11 is 1.40. The van der Waals surface area contributed by atoms with Crippen molar-refractivity contribution in [3.8, 4) is 5.75 Å². The number of benzene rings is 1. The third-order valence-corrected chi connectivity index (χ3v) is 6.62. The lowest BCUT2D eigenvalue weighted by Crippen LogP contribution is -2.26. The van der Waals surface area contributed by atoms with E-state index < -0.39 is 18.5 Å². The number of hydrogen-bond donors (Lipinski definition) is 1. The maximum absolute atomic E-state index is 12.7. The Morgan fingerprint density at radius 3 is 2.43 bits per heavy atom. The minimum absolute atomic E-state index is 0.0309. The van der Waals surface area contributed by atoms with E-state index in [0.29, 0.717) is 16.5 Å². The Hall–Kier alpha value is -2.48. The molecule has 30 heavy (non-hydrogen) atoms. The van der Waals surface area contributed by atoms with Crippen LogP contribution in [0.15, 0.2) is 24.3 Å². The Balaban J connectivity index is 1.86. The molecule has 1 atom stereocenters. The number of halogens is 2. The Bertz CT molecular complexity index is 932. The number of carbonyl (C=O) groups excluding carboxylic acids is 2. The highest BCUT2D eigenvalue weighted by Gasteiger charge is 2.34. The highest BCUT2D eigenvalue weighted by molar-refractivity contribution is 7.17. The summed E-state index contributed by atoms with van der Waals surface area (Å²) in [5, 5.41) is 3.26. The molecule has 1 N–H and O–H groups in total. The lowest BCUT2D eigenvalue weighted by Gasteiger charge is -2.33. The van der Waals surface area contributed by atoms with E-state index in [0.717, 1.165) is 29.7 Å². The van der Waals surface area contributed by atoms with Crippen LogP contribution in [-0.4, -0.2) is 25.6 Å². The number of esters is 1. The third kappa shape index (κ3) is 4.80. The van der Waals surface area contributed by atoms with Gasteiger partial charge in [-0.1, -0.05) is 20.8 Å². The van der Waals surface area contributed by atoms with Gasteiger partial charge in [0, 0.05) is 10.4 Å². The number of anilines is 1. The van der Waals surface area contributed by atoms with Gasteiger partial charge in [-0.15, -0.1) is 11.3 Å². The van der Waals surface area contributed by atoms with Crippen molar-refractivity contribution in [2.45, 2.75) is 46.6 Å². The fourth-order valence-corrected chi connectivity index (χ4v) is 5.00. The second-order valence-corrected chi connectivity index (χ2v) is 9.47. The first-order valence-corrected chi connectivity index (χ1v) is 10.5. The number of ether oxygens (including phenoxy) is 2. The first-order chi connectivity index (χ1) is 14.1. The molecule has 0 radical (unpaired) electrons. The molecule has 1 aliphatic carbocycles. The zero-order chi connectivity index (χ0) is 22.1. The van der Waals surface area contributed by atoms with Crippen LogP contribution in [0.25, 0.3) is 0 Å². The molecule has 0 aliphatic heterocycles. The van der Waals surface area contributed by atoms with Gasteiger partial charge >= 0.3 is 12.6 Å². The number of thiophene rings is 1. The molecule has 1 aromatic carbocycles. The van der Waals surface area contributed by atoms with Gasteiger partial charge in [-0.2, -0.15) is 8.78 Å². The van der Waals surface area contributed by atoms with E-state index in [-0.39, 0.29) is 16.7 Å². The van der Waals surface area contributed by atoms with Crippen LogP contribution in [0, 0.1) is 11.3 Å². The first-order valence-electron chi connectivity index (χ1n) is 9.69. The van der Waals surface area contributed by atoms with Crippen molar-refractivity contribution in [2.24, 2.45) is 11.3 Å². The molecule has 1 heterocycles. The molecular weight excluding hydrogens is 412 g/mol. The van der Waals surface area contributed by atoms with Crippen LogP contribution in [0.4, 0.5) is 13.8 Å². The highest BCUT2D eigenvalue weighted by atomic mass is 32.1. The zero-order valence-electron chi connectivity index (χ0n) is 17.4. The number of rotatable bonds is 5. The van der Waals surface area contributed by atoms with E-state index >= 15 is 0 Å². The lowest BCUT2D eigenvalue weighted by atomic mass is 9.72. The smallest absolute Gasteiger partial charge is 0.387 e. The van der Waals surface area contributed by atoms with Crippen molar-refractivity contribution >= 4 is 28.2 Å². The second-order valence-electron chi connectivity index (χ2n) is 8.36. The maximum Gasteiger partial charge on any atom is 0.387 e. The molecule has 1 aliphatic rings. The number of methoxy groups -OCH3 is 1. The maximum atomic E-state index is 12.7. The SMILES string of the molecule is COC(=O)c1c(NC(=O)c2ccc(OC(F)F)cc2)sc2c1CC[C@H](C(C)(C)C)C2. The van der Waals surface area contributed by atoms with Crippen LogP contribution >= 0.6 is 11.3 Å². The van der Waals surface area contributed by atoms with E-state index in [2.05, 4.69) is 30.8 Å². The Morgan fingerprint density at radius 1 is 1.20 bits per heavy atom. The average Bonchev–Trinajstić information content (AvgIpc) is 3.03. The van der Waals surface area contributed by atoms with E-state index in [4.69, 9.17) is 4.74 Å². The largest absolute Gasteiger partial charge is 0.465 e. The summed E-state index contributed by atoms with van der Waals surface area (Å²) in [4.78, 5) is 26.3. The zero-order valence-corrected chi connectivity index (χ0v) is 18.2. The fraction of sp³-hybridized carbons (Fsp3) is 0.455. The molecule has 0 bridgehead atoms. The van der Waals surface area contributed by atoms with Gasteiger partial charge in [-0.05, 0) is 60.4 Å². The Kier molecular flexibility index (Phi) is 6.45. The van der Waals surface area contributed by atoms with Crippen molar-refractivity contribution in [2.75, 3.05) is 12.4 Å². The summed E-state index contributed by atoms with van der Waals surface area (Å²) in [5.41, 5.74) is 1.78. The number of alkyl halides is 2. The molecule has 8 heteroatoms. The predicted molar refractivity (Wildman–Crippen MR) is 112 cm³/mol. The van der Waals surface area contributed by atoms with Gasteiger partial charge in [0.2, 0.25) is 0 Å². The molecular formula is C22H25F2NO4S. The van der Waals surface area contributed by atoms with Gasteiger partial charge < -0.3 is 14.8 Å². The summed E-state index contributed by atoms with van der Waals surface area (Å²) in [6, 6.07) is 5.40. The van der Waals surface area contributed by atoms with Gasteiger partial charge in [0.05, 0.1) is 12.7 Å². The number of hydrogen-bond acceptors (Lipinski definition) is 5. The van der Waals surface area contributed by atoms with Gasteiger partial charge in [0.25, 0.3) is 5.91 Å². The van der Waals surface area contributed by atoms with Gasteiger partial charge in [-0.25, -0.2) is 4.79 Å². The Morgan fingerprint density at radius 2 is 1.87 bits per heavy atom. The quantitative estimate of drug-likeness (QED) is 0.624. The molecule has 1 amide bonds. The lowest BCUT2D eigenvalue weighted by molar-refractivity contribution is -0.0498. The minimum atomic E-state index is -2.93. The summed E-state index contributed by atoms with van der Waals surface area (Å²) in [6.07, 6.45) is 2.58. The van der Waals surface area contributed by atoms with Crippen molar-refractivity contribution < 1.29 is 27.8 Å². The van der Waals surface area contributed by atoms with Crippen LogP contribution in [0.5, 0.6) is 5.75 Å². The summed E-state index contributed by atoms with van der Waals surface area (Å²) < 4.78 is 33.8. The molecule has 0 unspecified atom stereocenters. The second kappa shape index (κ2) is 8.71. The first kappa shape index (κ1) is 22.2. The van der Waals surface area contributed by atoms with E-state index in [1.54, 1.807) is 0 Å². The Labute approximate surface area is 178 Å². The van der Waals surface area contributed by atoms with E-state index in [9.17, 15) is 18.4 Å². The van der Waals surface area contributed by atoms with Crippen molar-refractivity contribution in [3.63, 3.8) is 0 Å². The van der Waals surface area contributed by atoms with E-state index in [1.807, 2.05) is 0 Å².